The quantitative estimate of drug-likeness (QED) is 0.822. The van der Waals surface area contributed by atoms with E-state index in [4.69, 9.17) is 11.6 Å². The molecule has 0 bridgehead atoms. The number of rotatable bonds is 6. The minimum absolute atomic E-state index is 0.0377. The summed E-state index contributed by atoms with van der Waals surface area (Å²) in [6.07, 6.45) is 6.36. The van der Waals surface area contributed by atoms with Crippen LogP contribution in [-0.2, 0) is 6.42 Å². The summed E-state index contributed by atoms with van der Waals surface area (Å²) in [5.41, 5.74) is 1.79. The van der Waals surface area contributed by atoms with E-state index in [-0.39, 0.29) is 5.91 Å². The van der Waals surface area contributed by atoms with Crippen molar-refractivity contribution < 1.29 is 4.79 Å². The summed E-state index contributed by atoms with van der Waals surface area (Å²) >= 11 is 5.90. The van der Waals surface area contributed by atoms with Gasteiger partial charge in [-0.2, -0.15) is 10.2 Å². The van der Waals surface area contributed by atoms with Crippen LogP contribution in [0.4, 0.5) is 0 Å². The number of aromatic nitrogens is 2. The molecule has 0 radical (unpaired) electrons. The van der Waals surface area contributed by atoms with Crippen LogP contribution in [0.1, 0.15) is 28.8 Å². The molecule has 22 heavy (non-hydrogen) atoms. The minimum Gasteiger partial charge on any atom is -0.338 e. The van der Waals surface area contributed by atoms with Crippen LogP contribution in [-0.4, -0.2) is 34.1 Å². The number of carbonyl (C=O) groups excluding carboxylic acids is 1. The van der Waals surface area contributed by atoms with Gasteiger partial charge in [-0.15, -0.1) is 0 Å². The number of benzene rings is 1. The van der Waals surface area contributed by atoms with E-state index in [0.717, 1.165) is 18.0 Å². The van der Waals surface area contributed by atoms with E-state index < -0.39 is 0 Å². The first-order chi connectivity index (χ1) is 10.7. The minimum atomic E-state index is 0.0377. The maximum atomic E-state index is 12.6. The summed E-state index contributed by atoms with van der Waals surface area (Å²) in [6, 6.07) is 9.51. The van der Waals surface area contributed by atoms with Gasteiger partial charge in [-0.3, -0.25) is 4.79 Å². The summed E-state index contributed by atoms with van der Waals surface area (Å²) in [6.45, 7) is 1.54. The van der Waals surface area contributed by atoms with Crippen LogP contribution in [0.3, 0.4) is 0 Å². The van der Waals surface area contributed by atoms with Gasteiger partial charge in [0.15, 0.2) is 0 Å². The molecule has 0 saturated heterocycles. The largest absolute Gasteiger partial charge is 0.338 e. The molecule has 3 rings (SSSR count). The molecule has 5 heteroatoms. The molecule has 0 aliphatic heterocycles. The molecule has 1 aliphatic rings. The zero-order chi connectivity index (χ0) is 15.4. The highest BCUT2D eigenvalue weighted by Crippen LogP contribution is 2.30. The van der Waals surface area contributed by atoms with E-state index in [0.29, 0.717) is 18.0 Å². The molecule has 0 unspecified atom stereocenters. The van der Waals surface area contributed by atoms with Crippen LogP contribution >= 0.6 is 11.6 Å². The second-order valence-corrected chi connectivity index (χ2v) is 6.14. The van der Waals surface area contributed by atoms with Gasteiger partial charge in [0.25, 0.3) is 5.91 Å². The molecule has 1 fully saturated rings. The third kappa shape index (κ3) is 4.04. The van der Waals surface area contributed by atoms with Crippen molar-refractivity contribution in [1.29, 1.82) is 0 Å². The van der Waals surface area contributed by atoms with E-state index in [9.17, 15) is 4.79 Å². The van der Waals surface area contributed by atoms with E-state index in [1.807, 2.05) is 29.2 Å². The summed E-state index contributed by atoms with van der Waals surface area (Å²) < 4.78 is 0. The third-order valence-corrected chi connectivity index (χ3v) is 4.13. The molecule has 1 amide bonds. The maximum Gasteiger partial charge on any atom is 0.255 e. The number of amides is 1. The summed E-state index contributed by atoms with van der Waals surface area (Å²) in [4.78, 5) is 14.6. The van der Waals surface area contributed by atoms with Crippen molar-refractivity contribution >= 4 is 17.5 Å². The Morgan fingerprint density at radius 2 is 1.95 bits per heavy atom. The topological polar surface area (TPSA) is 46.1 Å². The number of carbonyl (C=O) groups is 1. The van der Waals surface area contributed by atoms with Gasteiger partial charge >= 0.3 is 0 Å². The predicted octanol–water partition coefficient (Wildman–Crippen LogP) is 3.22. The lowest BCUT2D eigenvalue weighted by Crippen LogP contribution is -2.34. The highest BCUT2D eigenvalue weighted by molar-refractivity contribution is 6.30. The van der Waals surface area contributed by atoms with Crippen molar-refractivity contribution in [2.75, 3.05) is 13.1 Å². The van der Waals surface area contributed by atoms with Gasteiger partial charge in [0.05, 0.1) is 18.0 Å². The second kappa shape index (κ2) is 6.88. The highest BCUT2D eigenvalue weighted by atomic mass is 35.5. The van der Waals surface area contributed by atoms with E-state index >= 15 is 0 Å². The van der Waals surface area contributed by atoms with Crippen LogP contribution in [0.15, 0.2) is 42.7 Å². The Balaban J connectivity index is 1.66. The smallest absolute Gasteiger partial charge is 0.255 e. The molecular formula is C17H18ClN3O. The standard InChI is InChI=1S/C17H18ClN3O/c18-16-5-3-13(4-6-16)8-10-21(12-14-1-2-14)17(22)15-7-9-19-20-11-15/h3-7,9,11,14H,1-2,8,10,12H2. The van der Waals surface area contributed by atoms with Gasteiger partial charge in [-0.1, -0.05) is 23.7 Å². The fourth-order valence-corrected chi connectivity index (χ4v) is 2.53. The van der Waals surface area contributed by atoms with Crippen LogP contribution < -0.4 is 0 Å². The molecular weight excluding hydrogens is 298 g/mol. The molecule has 0 atom stereocenters. The lowest BCUT2D eigenvalue weighted by molar-refractivity contribution is 0.0749. The summed E-state index contributed by atoms with van der Waals surface area (Å²) in [5, 5.41) is 8.26. The molecule has 1 aromatic carbocycles. The van der Waals surface area contributed by atoms with Gasteiger partial charge in [-0.05, 0) is 48.9 Å². The molecule has 1 heterocycles. The number of hydrogen-bond donors (Lipinski definition) is 0. The average Bonchev–Trinajstić information content (AvgIpc) is 3.37. The van der Waals surface area contributed by atoms with Crippen LogP contribution in [0.25, 0.3) is 0 Å². The normalized spacial score (nSPS) is 13.9. The van der Waals surface area contributed by atoms with E-state index in [1.165, 1.54) is 24.6 Å². The van der Waals surface area contributed by atoms with Crippen molar-refractivity contribution in [2.24, 2.45) is 5.92 Å². The molecule has 2 aromatic rings. The molecule has 1 saturated carbocycles. The number of halogens is 1. The monoisotopic (exact) mass is 315 g/mol. The predicted molar refractivity (Wildman–Crippen MR) is 85.8 cm³/mol. The van der Waals surface area contributed by atoms with Crippen LogP contribution in [0, 0.1) is 5.92 Å². The first-order valence-electron chi connectivity index (χ1n) is 7.53. The van der Waals surface area contributed by atoms with Crippen molar-refractivity contribution in [3.63, 3.8) is 0 Å². The Kier molecular flexibility index (Phi) is 4.68. The molecule has 114 valence electrons. The Bertz CT molecular complexity index is 626. The molecule has 0 N–H and O–H groups in total. The fourth-order valence-electron chi connectivity index (χ4n) is 2.40. The number of nitrogens with zero attached hydrogens (tertiary/aromatic N) is 3. The Labute approximate surface area is 135 Å². The summed E-state index contributed by atoms with van der Waals surface area (Å²) in [5.74, 6) is 0.694. The van der Waals surface area contributed by atoms with Crippen LogP contribution in [0.2, 0.25) is 5.02 Å². The SMILES string of the molecule is O=C(c1ccnnc1)N(CCc1ccc(Cl)cc1)CC1CC1. The van der Waals surface area contributed by atoms with Gasteiger partial charge in [0.2, 0.25) is 0 Å². The van der Waals surface area contributed by atoms with Crippen molar-refractivity contribution in [1.82, 2.24) is 15.1 Å². The summed E-state index contributed by atoms with van der Waals surface area (Å²) in [7, 11) is 0. The zero-order valence-corrected chi connectivity index (χ0v) is 13.0. The fraction of sp³-hybridized carbons (Fsp3) is 0.353. The van der Waals surface area contributed by atoms with E-state index in [2.05, 4.69) is 10.2 Å². The lowest BCUT2D eigenvalue weighted by Gasteiger charge is -2.22. The van der Waals surface area contributed by atoms with Crippen molar-refractivity contribution in [3.8, 4) is 0 Å². The Hall–Kier alpha value is -1.94. The van der Waals surface area contributed by atoms with Gasteiger partial charge in [-0.25, -0.2) is 0 Å². The Morgan fingerprint density at radius 1 is 1.18 bits per heavy atom. The van der Waals surface area contributed by atoms with Crippen molar-refractivity contribution in [3.05, 3.63) is 58.9 Å². The third-order valence-electron chi connectivity index (χ3n) is 3.88. The van der Waals surface area contributed by atoms with Gasteiger partial charge < -0.3 is 4.90 Å². The number of hydrogen-bond acceptors (Lipinski definition) is 3. The molecule has 1 aromatic heterocycles. The average molecular weight is 316 g/mol. The Morgan fingerprint density at radius 3 is 2.59 bits per heavy atom. The van der Waals surface area contributed by atoms with Gasteiger partial charge in [0, 0.05) is 18.1 Å². The highest BCUT2D eigenvalue weighted by Gasteiger charge is 2.27. The molecule has 0 spiro atoms. The second-order valence-electron chi connectivity index (χ2n) is 5.70. The van der Waals surface area contributed by atoms with Crippen molar-refractivity contribution in [2.45, 2.75) is 19.3 Å². The first kappa shape index (κ1) is 15.0. The zero-order valence-electron chi connectivity index (χ0n) is 12.3. The maximum absolute atomic E-state index is 12.6. The lowest BCUT2D eigenvalue weighted by atomic mass is 10.1. The first-order valence-corrected chi connectivity index (χ1v) is 7.90. The van der Waals surface area contributed by atoms with Gasteiger partial charge in [0.1, 0.15) is 0 Å². The van der Waals surface area contributed by atoms with Crippen LogP contribution in [0.5, 0.6) is 0 Å². The molecule has 1 aliphatic carbocycles. The van der Waals surface area contributed by atoms with E-state index in [1.54, 1.807) is 12.3 Å². The molecule has 4 nitrogen and oxygen atoms in total.